The maximum atomic E-state index is 12.7. The Bertz CT molecular complexity index is 1050. The molecule has 2 aromatic carbocycles. The van der Waals surface area contributed by atoms with Crippen LogP contribution < -0.4 is 24.3 Å². The molecule has 32 heavy (non-hydrogen) atoms. The highest BCUT2D eigenvalue weighted by atomic mass is 32.2. The van der Waals surface area contributed by atoms with Gasteiger partial charge in [0, 0.05) is 17.5 Å². The maximum absolute atomic E-state index is 12.7. The average Bonchev–Trinajstić information content (AvgIpc) is 2.76. The van der Waals surface area contributed by atoms with Gasteiger partial charge in [-0.15, -0.1) is 0 Å². The van der Waals surface area contributed by atoms with Crippen molar-refractivity contribution in [2.75, 3.05) is 39.8 Å². The van der Waals surface area contributed by atoms with Crippen molar-refractivity contribution in [2.45, 2.75) is 12.7 Å². The fraction of sp³-hybridized carbons (Fsp3) is 0.318. The standard InChI is InChI=1S/C22H27NO8S/c1-5-31-19-7-6-15(10-18(19)23-13-22(24)25)14-32(26,27)9-8-17-20(29-3)11-16(28-2)12-21(17)30-4/h6-12,23H,5,13-14H2,1-4H3,(H,24,25). The van der Waals surface area contributed by atoms with Gasteiger partial charge in [-0.05, 0) is 30.7 Å². The lowest BCUT2D eigenvalue weighted by molar-refractivity contribution is -0.134. The van der Waals surface area contributed by atoms with Gasteiger partial charge in [0.1, 0.15) is 29.5 Å². The van der Waals surface area contributed by atoms with E-state index in [1.807, 2.05) is 0 Å². The van der Waals surface area contributed by atoms with E-state index in [-0.39, 0.29) is 12.3 Å². The summed E-state index contributed by atoms with van der Waals surface area (Å²) in [6.07, 6.45) is 1.41. The molecule has 0 aliphatic carbocycles. The van der Waals surface area contributed by atoms with E-state index < -0.39 is 15.8 Å². The maximum Gasteiger partial charge on any atom is 0.322 e. The summed E-state index contributed by atoms with van der Waals surface area (Å²) in [6.45, 7) is 1.85. The molecule has 2 rings (SSSR count). The minimum absolute atomic E-state index is 0.293. The SMILES string of the molecule is CCOc1ccc(CS(=O)(=O)C=Cc2c(OC)cc(OC)cc2OC)cc1NCC(=O)O. The summed E-state index contributed by atoms with van der Waals surface area (Å²) in [5.74, 6) is 0.407. The quantitative estimate of drug-likeness (QED) is 0.487. The molecular weight excluding hydrogens is 438 g/mol. The molecule has 0 amide bonds. The summed E-state index contributed by atoms with van der Waals surface area (Å²) in [5.41, 5.74) is 1.33. The Morgan fingerprint density at radius 3 is 2.22 bits per heavy atom. The van der Waals surface area contributed by atoms with Crippen molar-refractivity contribution < 1.29 is 37.3 Å². The van der Waals surface area contributed by atoms with Crippen LogP contribution in [0.1, 0.15) is 18.1 Å². The van der Waals surface area contributed by atoms with Gasteiger partial charge in [-0.1, -0.05) is 6.07 Å². The van der Waals surface area contributed by atoms with Crippen LogP contribution in [0, 0.1) is 0 Å². The van der Waals surface area contributed by atoms with E-state index in [0.717, 1.165) is 5.41 Å². The summed E-state index contributed by atoms with van der Waals surface area (Å²) in [6, 6.07) is 8.05. The zero-order valence-electron chi connectivity index (χ0n) is 18.4. The molecule has 10 heteroatoms. The molecule has 0 saturated heterocycles. The van der Waals surface area contributed by atoms with Gasteiger partial charge in [0.15, 0.2) is 9.84 Å². The Hall–Kier alpha value is -3.40. The van der Waals surface area contributed by atoms with Crippen molar-refractivity contribution in [3.63, 3.8) is 0 Å². The van der Waals surface area contributed by atoms with Crippen LogP contribution in [-0.4, -0.2) is 54.0 Å². The number of rotatable bonds is 12. The van der Waals surface area contributed by atoms with Gasteiger partial charge in [0.25, 0.3) is 0 Å². The molecule has 0 aliphatic heterocycles. The number of carboxylic acid groups (broad SMARTS) is 1. The number of sulfone groups is 1. The molecule has 0 atom stereocenters. The largest absolute Gasteiger partial charge is 0.496 e. The number of carbonyl (C=O) groups is 1. The molecule has 2 N–H and O–H groups in total. The number of anilines is 1. The molecule has 0 bridgehead atoms. The second kappa shape index (κ2) is 11.3. The first-order chi connectivity index (χ1) is 15.2. The summed E-state index contributed by atoms with van der Waals surface area (Å²) in [7, 11) is 0.753. The third kappa shape index (κ3) is 6.81. The first kappa shape index (κ1) is 24.9. The summed E-state index contributed by atoms with van der Waals surface area (Å²) in [4.78, 5) is 10.9. The third-order valence-electron chi connectivity index (χ3n) is 4.34. The van der Waals surface area contributed by atoms with Crippen LogP contribution in [0.25, 0.3) is 6.08 Å². The van der Waals surface area contributed by atoms with Crippen molar-refractivity contribution in [1.29, 1.82) is 0 Å². The number of benzene rings is 2. The lowest BCUT2D eigenvalue weighted by Crippen LogP contribution is -2.13. The lowest BCUT2D eigenvalue weighted by atomic mass is 10.1. The van der Waals surface area contributed by atoms with Gasteiger partial charge in [-0.2, -0.15) is 0 Å². The Kier molecular flexibility index (Phi) is 8.77. The number of nitrogens with one attached hydrogen (secondary N) is 1. The van der Waals surface area contributed by atoms with E-state index in [1.54, 1.807) is 37.3 Å². The fourth-order valence-electron chi connectivity index (χ4n) is 2.91. The second-order valence-electron chi connectivity index (χ2n) is 6.57. The van der Waals surface area contributed by atoms with E-state index in [9.17, 15) is 13.2 Å². The van der Waals surface area contributed by atoms with Gasteiger partial charge in [-0.25, -0.2) is 8.42 Å². The Morgan fingerprint density at radius 1 is 1.03 bits per heavy atom. The van der Waals surface area contributed by atoms with Crippen LogP contribution in [0.4, 0.5) is 5.69 Å². The number of aliphatic carboxylic acids is 1. The monoisotopic (exact) mass is 465 g/mol. The van der Waals surface area contributed by atoms with E-state index in [1.165, 1.54) is 27.4 Å². The minimum atomic E-state index is -3.68. The fourth-order valence-corrected chi connectivity index (χ4v) is 3.99. The molecule has 0 saturated carbocycles. The number of hydrogen-bond donors (Lipinski definition) is 2. The zero-order chi connectivity index (χ0) is 23.7. The molecule has 0 aliphatic rings. The average molecular weight is 466 g/mol. The number of carboxylic acids is 1. The van der Waals surface area contributed by atoms with Gasteiger partial charge in [0.2, 0.25) is 0 Å². The van der Waals surface area contributed by atoms with Gasteiger partial charge < -0.3 is 29.4 Å². The molecule has 0 aromatic heterocycles. The predicted octanol–water partition coefficient (Wildman–Crippen LogP) is 3.19. The van der Waals surface area contributed by atoms with Gasteiger partial charge >= 0.3 is 5.97 Å². The van der Waals surface area contributed by atoms with E-state index in [4.69, 9.17) is 24.1 Å². The minimum Gasteiger partial charge on any atom is -0.496 e. The Balaban J connectivity index is 2.31. The lowest BCUT2D eigenvalue weighted by Gasteiger charge is -2.13. The van der Waals surface area contributed by atoms with E-state index >= 15 is 0 Å². The third-order valence-corrected chi connectivity index (χ3v) is 5.62. The summed E-state index contributed by atoms with van der Waals surface area (Å²) < 4.78 is 46.8. The smallest absolute Gasteiger partial charge is 0.322 e. The topological polar surface area (TPSA) is 120 Å². The molecule has 0 spiro atoms. The first-order valence-corrected chi connectivity index (χ1v) is 11.4. The highest BCUT2D eigenvalue weighted by Crippen LogP contribution is 2.35. The van der Waals surface area contributed by atoms with Crippen molar-refractivity contribution in [3.8, 4) is 23.0 Å². The van der Waals surface area contributed by atoms with Crippen molar-refractivity contribution in [3.05, 3.63) is 46.9 Å². The van der Waals surface area contributed by atoms with Gasteiger partial charge in [-0.3, -0.25) is 4.79 Å². The van der Waals surface area contributed by atoms with Crippen LogP contribution >= 0.6 is 0 Å². The molecule has 0 unspecified atom stereocenters. The van der Waals surface area contributed by atoms with Crippen LogP contribution in [0.5, 0.6) is 23.0 Å². The molecule has 2 aromatic rings. The van der Waals surface area contributed by atoms with E-state index in [0.29, 0.717) is 46.4 Å². The molecule has 0 radical (unpaired) electrons. The predicted molar refractivity (Wildman–Crippen MR) is 121 cm³/mol. The van der Waals surface area contributed by atoms with Crippen LogP contribution in [0.15, 0.2) is 35.7 Å². The van der Waals surface area contributed by atoms with Gasteiger partial charge in [0.05, 0.1) is 44.9 Å². The Labute approximate surface area is 187 Å². The molecule has 0 heterocycles. The van der Waals surface area contributed by atoms with Crippen molar-refractivity contribution in [1.82, 2.24) is 0 Å². The van der Waals surface area contributed by atoms with Crippen LogP contribution in [0.3, 0.4) is 0 Å². The Morgan fingerprint density at radius 2 is 1.69 bits per heavy atom. The molecule has 174 valence electrons. The van der Waals surface area contributed by atoms with Crippen molar-refractivity contribution >= 4 is 27.6 Å². The molecular formula is C22H27NO8S. The van der Waals surface area contributed by atoms with Crippen molar-refractivity contribution in [2.24, 2.45) is 0 Å². The normalized spacial score (nSPS) is 11.2. The highest BCUT2D eigenvalue weighted by molar-refractivity contribution is 7.93. The van der Waals surface area contributed by atoms with Crippen LogP contribution in [0.2, 0.25) is 0 Å². The molecule has 9 nitrogen and oxygen atoms in total. The number of hydrogen-bond acceptors (Lipinski definition) is 8. The highest BCUT2D eigenvalue weighted by Gasteiger charge is 2.15. The zero-order valence-corrected chi connectivity index (χ0v) is 19.2. The van der Waals surface area contributed by atoms with Crippen LogP contribution in [-0.2, 0) is 20.4 Å². The molecule has 0 fully saturated rings. The number of methoxy groups -OCH3 is 3. The van der Waals surface area contributed by atoms with E-state index in [2.05, 4.69) is 5.32 Å². The first-order valence-electron chi connectivity index (χ1n) is 9.65. The summed E-state index contributed by atoms with van der Waals surface area (Å²) >= 11 is 0. The summed E-state index contributed by atoms with van der Waals surface area (Å²) in [5, 5.41) is 12.7. The second-order valence-corrected chi connectivity index (χ2v) is 8.45. The number of ether oxygens (including phenoxy) is 4.